The molecule has 0 radical (unpaired) electrons. The average molecular weight is 248 g/mol. The lowest BCUT2D eigenvalue weighted by molar-refractivity contribution is 0.443. The van der Waals surface area contributed by atoms with Crippen LogP contribution < -0.4 is 0 Å². The molecule has 0 aromatic heterocycles. The molecule has 4 nitrogen and oxygen atoms in total. The van der Waals surface area contributed by atoms with Crippen LogP contribution >= 0.6 is 0 Å². The van der Waals surface area contributed by atoms with E-state index in [-0.39, 0.29) is 23.0 Å². The second kappa shape index (κ2) is 5.82. The van der Waals surface area contributed by atoms with Crippen molar-refractivity contribution >= 4 is 0 Å². The summed E-state index contributed by atoms with van der Waals surface area (Å²) >= 11 is 0. The number of aryl methyl sites for hydroxylation is 1. The summed E-state index contributed by atoms with van der Waals surface area (Å²) in [6.45, 7) is 3.46. The first-order chi connectivity index (χ1) is 8.40. The van der Waals surface area contributed by atoms with Crippen molar-refractivity contribution in [1.82, 2.24) is 0 Å². The second-order valence-corrected chi connectivity index (χ2v) is 3.95. The Morgan fingerprint density at radius 2 is 1.17 bits per heavy atom. The molecular formula is C14H16O4. The number of aromatic hydroxyl groups is 4. The van der Waals surface area contributed by atoms with Gasteiger partial charge in [0.25, 0.3) is 0 Å². The minimum Gasteiger partial charge on any atom is -0.508 e. The molecule has 2 aromatic carbocycles. The fourth-order valence-corrected chi connectivity index (χ4v) is 1.35. The lowest BCUT2D eigenvalue weighted by Crippen LogP contribution is -1.73. The largest absolute Gasteiger partial charge is 0.508 e. The van der Waals surface area contributed by atoms with Crippen LogP contribution in [0.2, 0.25) is 0 Å². The van der Waals surface area contributed by atoms with Gasteiger partial charge in [-0.2, -0.15) is 0 Å². The highest BCUT2D eigenvalue weighted by Crippen LogP contribution is 2.23. The van der Waals surface area contributed by atoms with Crippen molar-refractivity contribution in [3.8, 4) is 23.0 Å². The van der Waals surface area contributed by atoms with Gasteiger partial charge in [-0.25, -0.2) is 0 Å². The van der Waals surface area contributed by atoms with Crippen LogP contribution in [0.5, 0.6) is 23.0 Å². The Bertz CT molecular complexity index is 465. The van der Waals surface area contributed by atoms with Crippen LogP contribution in [0.3, 0.4) is 0 Å². The number of hydrogen-bond acceptors (Lipinski definition) is 4. The first-order valence-electron chi connectivity index (χ1n) is 5.37. The third-order valence-corrected chi connectivity index (χ3v) is 2.32. The molecule has 0 aliphatic rings. The third kappa shape index (κ3) is 3.90. The zero-order chi connectivity index (χ0) is 13.7. The van der Waals surface area contributed by atoms with E-state index in [1.807, 2.05) is 0 Å². The minimum atomic E-state index is 0.104. The molecule has 0 aliphatic carbocycles. The van der Waals surface area contributed by atoms with Crippen LogP contribution in [0.25, 0.3) is 0 Å². The van der Waals surface area contributed by atoms with Crippen LogP contribution in [0, 0.1) is 13.8 Å². The molecule has 2 rings (SSSR count). The molecule has 96 valence electrons. The maximum absolute atomic E-state index is 8.94. The molecule has 0 heterocycles. The molecule has 0 saturated carbocycles. The topological polar surface area (TPSA) is 80.9 Å². The predicted molar refractivity (Wildman–Crippen MR) is 69.0 cm³/mol. The summed E-state index contributed by atoms with van der Waals surface area (Å²) in [6, 6.07) is 9.13. The monoisotopic (exact) mass is 248 g/mol. The zero-order valence-electron chi connectivity index (χ0n) is 10.3. The lowest BCUT2D eigenvalue weighted by atomic mass is 10.2. The highest BCUT2D eigenvalue weighted by molar-refractivity contribution is 5.41. The van der Waals surface area contributed by atoms with E-state index in [2.05, 4.69) is 0 Å². The van der Waals surface area contributed by atoms with E-state index in [9.17, 15) is 0 Å². The van der Waals surface area contributed by atoms with Crippen LogP contribution in [0.1, 0.15) is 11.1 Å². The molecule has 0 aliphatic heterocycles. The summed E-state index contributed by atoms with van der Waals surface area (Å²) in [5.74, 6) is 0.477. The Morgan fingerprint density at radius 3 is 1.50 bits per heavy atom. The Morgan fingerprint density at radius 1 is 0.722 bits per heavy atom. The maximum Gasteiger partial charge on any atom is 0.122 e. The van der Waals surface area contributed by atoms with Crippen LogP contribution in [0.15, 0.2) is 36.4 Å². The number of hydrogen-bond donors (Lipinski definition) is 4. The Labute approximate surface area is 105 Å². The van der Waals surface area contributed by atoms with Gasteiger partial charge in [0.05, 0.1) is 0 Å². The van der Waals surface area contributed by atoms with Gasteiger partial charge in [0.1, 0.15) is 23.0 Å². The van der Waals surface area contributed by atoms with Gasteiger partial charge in [-0.05, 0) is 43.7 Å². The van der Waals surface area contributed by atoms with Gasteiger partial charge in [0.15, 0.2) is 0 Å². The van der Waals surface area contributed by atoms with E-state index in [0.29, 0.717) is 5.56 Å². The third-order valence-electron chi connectivity index (χ3n) is 2.32. The Balaban J connectivity index is 0.000000180. The Kier molecular flexibility index (Phi) is 4.43. The minimum absolute atomic E-state index is 0.104. The predicted octanol–water partition coefficient (Wildman–Crippen LogP) is 2.81. The van der Waals surface area contributed by atoms with Gasteiger partial charge >= 0.3 is 0 Å². The zero-order valence-corrected chi connectivity index (χ0v) is 10.3. The molecule has 0 saturated heterocycles. The van der Waals surface area contributed by atoms with Crippen molar-refractivity contribution in [1.29, 1.82) is 0 Å². The van der Waals surface area contributed by atoms with E-state index in [1.54, 1.807) is 32.0 Å². The van der Waals surface area contributed by atoms with Crippen molar-refractivity contribution in [3.05, 3.63) is 47.5 Å². The molecule has 0 bridgehead atoms. The molecule has 0 atom stereocenters. The molecule has 4 N–H and O–H groups in total. The van der Waals surface area contributed by atoms with E-state index < -0.39 is 0 Å². The van der Waals surface area contributed by atoms with Gasteiger partial charge in [-0.3, -0.25) is 0 Å². The quantitative estimate of drug-likeness (QED) is 0.578. The van der Waals surface area contributed by atoms with Crippen molar-refractivity contribution in [2.45, 2.75) is 13.8 Å². The Hall–Kier alpha value is -2.36. The number of benzene rings is 2. The first kappa shape index (κ1) is 13.7. The first-order valence-corrected chi connectivity index (χ1v) is 5.37. The van der Waals surface area contributed by atoms with Gasteiger partial charge < -0.3 is 20.4 Å². The summed E-state index contributed by atoms with van der Waals surface area (Å²) < 4.78 is 0. The number of rotatable bonds is 0. The van der Waals surface area contributed by atoms with Gasteiger partial charge in [-0.15, -0.1) is 0 Å². The molecule has 0 amide bonds. The fourth-order valence-electron chi connectivity index (χ4n) is 1.35. The van der Waals surface area contributed by atoms with Crippen LogP contribution in [-0.4, -0.2) is 20.4 Å². The molecule has 4 heteroatoms. The van der Waals surface area contributed by atoms with Crippen LogP contribution in [-0.2, 0) is 0 Å². The van der Waals surface area contributed by atoms with Crippen LogP contribution in [0.4, 0.5) is 0 Å². The highest BCUT2D eigenvalue weighted by Gasteiger charge is 1.97. The normalized spacial score (nSPS) is 9.44. The molecule has 0 unspecified atom stereocenters. The highest BCUT2D eigenvalue weighted by atomic mass is 16.3. The standard InChI is InChI=1S/2C7H8O2/c1-5-2-6(8)4-7(9)3-5;1-5-6(8)3-2-4-7(5)9/h2*2-4,8-9H,1H3. The smallest absolute Gasteiger partial charge is 0.122 e. The maximum atomic E-state index is 8.94. The van der Waals surface area contributed by atoms with E-state index in [4.69, 9.17) is 20.4 Å². The average Bonchev–Trinajstić information content (AvgIpc) is 2.24. The molecule has 2 aromatic rings. The summed E-state index contributed by atoms with van der Waals surface area (Å²) in [7, 11) is 0. The molecule has 0 spiro atoms. The van der Waals surface area contributed by atoms with Gasteiger partial charge in [0.2, 0.25) is 0 Å². The molecule has 18 heavy (non-hydrogen) atoms. The fraction of sp³-hybridized carbons (Fsp3) is 0.143. The summed E-state index contributed by atoms with van der Waals surface area (Å²) in [6.07, 6.45) is 0. The van der Waals surface area contributed by atoms with Crippen molar-refractivity contribution in [2.24, 2.45) is 0 Å². The summed E-state index contributed by atoms with van der Waals surface area (Å²) in [5, 5.41) is 35.5. The second-order valence-electron chi connectivity index (χ2n) is 3.95. The van der Waals surface area contributed by atoms with Gasteiger partial charge in [-0.1, -0.05) is 6.07 Å². The van der Waals surface area contributed by atoms with Crippen molar-refractivity contribution in [2.75, 3.05) is 0 Å². The summed E-state index contributed by atoms with van der Waals surface area (Å²) in [4.78, 5) is 0. The van der Waals surface area contributed by atoms with E-state index in [0.717, 1.165) is 5.56 Å². The molecule has 0 fully saturated rings. The van der Waals surface area contributed by atoms with E-state index >= 15 is 0 Å². The van der Waals surface area contributed by atoms with Crippen molar-refractivity contribution in [3.63, 3.8) is 0 Å². The SMILES string of the molecule is Cc1c(O)cccc1O.Cc1cc(O)cc(O)c1. The molecular weight excluding hydrogens is 232 g/mol. The van der Waals surface area contributed by atoms with Crippen molar-refractivity contribution < 1.29 is 20.4 Å². The number of phenolic OH excluding ortho intramolecular Hbond substituents is 4. The number of phenols is 4. The van der Waals surface area contributed by atoms with Gasteiger partial charge in [0, 0.05) is 11.6 Å². The summed E-state index contributed by atoms with van der Waals surface area (Å²) in [5.41, 5.74) is 1.38. The van der Waals surface area contributed by atoms with E-state index in [1.165, 1.54) is 18.2 Å². The lowest BCUT2D eigenvalue weighted by Gasteiger charge is -1.98.